The van der Waals surface area contributed by atoms with Crippen molar-refractivity contribution in [2.24, 2.45) is 0 Å². The summed E-state index contributed by atoms with van der Waals surface area (Å²) in [5, 5.41) is 3.68. The first kappa shape index (κ1) is 21.6. The van der Waals surface area contributed by atoms with Gasteiger partial charge in [0.2, 0.25) is 5.91 Å². The monoisotopic (exact) mass is 445 g/mol. The first-order chi connectivity index (χ1) is 15.6. The molecule has 1 amide bonds. The lowest BCUT2D eigenvalue weighted by Gasteiger charge is -2.10. The minimum absolute atomic E-state index is 0.137. The largest absolute Gasteiger partial charge is 0.465 e. The Balaban J connectivity index is 1.43. The zero-order valence-corrected chi connectivity index (χ0v) is 18.5. The van der Waals surface area contributed by atoms with E-state index >= 15 is 0 Å². The predicted octanol–water partition coefficient (Wildman–Crippen LogP) is 4.80. The van der Waals surface area contributed by atoms with Crippen LogP contribution in [0.3, 0.4) is 0 Å². The number of hydrogen-bond donors (Lipinski definition) is 1. The third kappa shape index (κ3) is 5.18. The number of imidazole rings is 1. The summed E-state index contributed by atoms with van der Waals surface area (Å²) >= 11 is 1.41. The van der Waals surface area contributed by atoms with Crippen LogP contribution in [0.25, 0.3) is 11.0 Å². The van der Waals surface area contributed by atoms with Gasteiger partial charge in [0.05, 0.1) is 29.5 Å². The number of methoxy groups -OCH3 is 1. The average molecular weight is 446 g/mol. The molecule has 1 aromatic heterocycles. The maximum absolute atomic E-state index is 12.5. The maximum atomic E-state index is 12.5. The highest BCUT2D eigenvalue weighted by atomic mass is 32.2. The first-order valence-electron chi connectivity index (χ1n) is 10.2. The summed E-state index contributed by atoms with van der Waals surface area (Å²) in [4.78, 5) is 28.8. The Labute approximate surface area is 190 Å². The zero-order valence-electron chi connectivity index (χ0n) is 17.7. The Kier molecular flexibility index (Phi) is 6.87. The number of aromatic nitrogens is 2. The topological polar surface area (TPSA) is 73.2 Å². The molecule has 0 unspecified atom stereocenters. The van der Waals surface area contributed by atoms with E-state index in [0.29, 0.717) is 11.3 Å². The average Bonchev–Trinajstić information content (AvgIpc) is 3.19. The molecule has 0 bridgehead atoms. The molecule has 3 aromatic carbocycles. The van der Waals surface area contributed by atoms with E-state index in [1.54, 1.807) is 24.3 Å². The molecule has 0 spiro atoms. The van der Waals surface area contributed by atoms with Crippen molar-refractivity contribution in [3.05, 3.63) is 90.0 Å². The van der Waals surface area contributed by atoms with Gasteiger partial charge in [-0.15, -0.1) is 0 Å². The summed E-state index contributed by atoms with van der Waals surface area (Å²) in [6.45, 7) is 0.781. The number of esters is 1. The molecule has 0 fully saturated rings. The smallest absolute Gasteiger partial charge is 0.337 e. The SMILES string of the molecule is COC(=O)c1ccc(NC(=O)CSc2nc3ccccc3n2CCc2ccccc2)cc1. The molecule has 6 nitrogen and oxygen atoms in total. The van der Waals surface area contributed by atoms with Crippen LogP contribution < -0.4 is 5.32 Å². The molecule has 4 aromatic rings. The molecule has 0 aliphatic rings. The van der Waals surface area contributed by atoms with Crippen molar-refractivity contribution >= 4 is 40.4 Å². The van der Waals surface area contributed by atoms with Crippen molar-refractivity contribution in [2.45, 2.75) is 18.1 Å². The van der Waals surface area contributed by atoms with Gasteiger partial charge in [-0.1, -0.05) is 54.2 Å². The molecule has 162 valence electrons. The van der Waals surface area contributed by atoms with Gasteiger partial charge in [0.25, 0.3) is 0 Å². The first-order valence-corrected chi connectivity index (χ1v) is 11.2. The lowest BCUT2D eigenvalue weighted by atomic mass is 10.1. The molecule has 0 radical (unpaired) electrons. The summed E-state index contributed by atoms with van der Waals surface area (Å²) < 4.78 is 6.86. The molecule has 1 heterocycles. The van der Waals surface area contributed by atoms with E-state index in [-0.39, 0.29) is 11.7 Å². The molecule has 1 N–H and O–H groups in total. The number of fused-ring (bicyclic) bond motifs is 1. The minimum Gasteiger partial charge on any atom is -0.465 e. The van der Waals surface area contributed by atoms with Crippen LogP contribution in [-0.4, -0.2) is 34.3 Å². The number of thioether (sulfide) groups is 1. The summed E-state index contributed by atoms with van der Waals surface area (Å²) in [7, 11) is 1.34. The lowest BCUT2D eigenvalue weighted by molar-refractivity contribution is -0.113. The normalized spacial score (nSPS) is 10.8. The lowest BCUT2D eigenvalue weighted by Crippen LogP contribution is -2.15. The van der Waals surface area contributed by atoms with Crippen molar-refractivity contribution < 1.29 is 14.3 Å². The van der Waals surface area contributed by atoms with Gasteiger partial charge in [-0.25, -0.2) is 9.78 Å². The highest BCUT2D eigenvalue weighted by molar-refractivity contribution is 7.99. The van der Waals surface area contributed by atoms with Crippen LogP contribution in [0.15, 0.2) is 84.0 Å². The Morgan fingerprint density at radius 2 is 1.69 bits per heavy atom. The number of carbonyl (C=O) groups excluding carboxylic acids is 2. The fourth-order valence-corrected chi connectivity index (χ4v) is 4.24. The van der Waals surface area contributed by atoms with Crippen molar-refractivity contribution in [3.63, 3.8) is 0 Å². The van der Waals surface area contributed by atoms with Crippen molar-refractivity contribution in [1.82, 2.24) is 9.55 Å². The number of hydrogen-bond acceptors (Lipinski definition) is 5. The van der Waals surface area contributed by atoms with Crippen LogP contribution in [0.4, 0.5) is 5.69 Å². The van der Waals surface area contributed by atoms with E-state index in [4.69, 9.17) is 9.72 Å². The van der Waals surface area contributed by atoms with Crippen LogP contribution in [-0.2, 0) is 22.5 Å². The summed E-state index contributed by atoms with van der Waals surface area (Å²) in [5.74, 6) is -0.316. The molecule has 7 heteroatoms. The van der Waals surface area contributed by atoms with Crippen molar-refractivity contribution in [1.29, 1.82) is 0 Å². The fraction of sp³-hybridized carbons (Fsp3) is 0.160. The number of anilines is 1. The van der Waals surface area contributed by atoms with Gasteiger partial charge in [-0.2, -0.15) is 0 Å². The summed E-state index contributed by atoms with van der Waals surface area (Å²) in [5.41, 5.74) is 4.30. The number of aryl methyl sites for hydroxylation is 2. The quantitative estimate of drug-likeness (QED) is 0.312. The molecular weight excluding hydrogens is 422 g/mol. The number of nitrogens with zero attached hydrogens (tertiary/aromatic N) is 2. The maximum Gasteiger partial charge on any atom is 0.337 e. The molecule has 32 heavy (non-hydrogen) atoms. The van der Waals surface area contributed by atoms with Gasteiger partial charge in [0.15, 0.2) is 5.16 Å². The third-order valence-corrected chi connectivity index (χ3v) is 5.98. The highest BCUT2D eigenvalue weighted by Gasteiger charge is 2.13. The van der Waals surface area contributed by atoms with Gasteiger partial charge in [0, 0.05) is 12.2 Å². The molecule has 4 rings (SSSR count). The minimum atomic E-state index is -0.409. The highest BCUT2D eigenvalue weighted by Crippen LogP contribution is 2.25. The molecular formula is C25H23N3O3S. The van der Waals surface area contributed by atoms with E-state index in [2.05, 4.69) is 28.1 Å². The van der Waals surface area contributed by atoms with Crippen LogP contribution in [0, 0.1) is 0 Å². The fourth-order valence-electron chi connectivity index (χ4n) is 3.40. The number of amides is 1. The van der Waals surface area contributed by atoms with Gasteiger partial charge in [0.1, 0.15) is 0 Å². The number of ether oxygens (including phenoxy) is 1. The molecule has 0 atom stereocenters. The van der Waals surface area contributed by atoms with Crippen LogP contribution in [0.2, 0.25) is 0 Å². The van der Waals surface area contributed by atoms with Crippen LogP contribution in [0.1, 0.15) is 15.9 Å². The number of rotatable bonds is 8. The second-order valence-corrected chi connectivity index (χ2v) is 8.12. The standard InChI is InChI=1S/C25H23N3O3S/c1-31-24(30)19-11-13-20(14-12-19)26-23(29)17-32-25-27-21-9-5-6-10-22(21)28(25)16-15-18-7-3-2-4-8-18/h2-14H,15-17H2,1H3,(H,26,29). The third-order valence-electron chi connectivity index (χ3n) is 5.01. The van der Waals surface area contributed by atoms with Crippen LogP contribution in [0.5, 0.6) is 0 Å². The van der Waals surface area contributed by atoms with Gasteiger partial charge >= 0.3 is 5.97 Å². The Morgan fingerprint density at radius 1 is 0.969 bits per heavy atom. The van der Waals surface area contributed by atoms with E-state index in [9.17, 15) is 9.59 Å². The summed E-state index contributed by atoms with van der Waals surface area (Å²) in [6.07, 6.45) is 0.882. The number of carbonyl (C=O) groups is 2. The Bertz CT molecular complexity index is 1220. The molecule has 0 aliphatic carbocycles. The zero-order chi connectivity index (χ0) is 22.3. The Morgan fingerprint density at radius 3 is 2.44 bits per heavy atom. The molecule has 0 saturated carbocycles. The molecule has 0 aliphatic heterocycles. The Hall–Kier alpha value is -3.58. The van der Waals surface area contributed by atoms with Gasteiger partial charge < -0.3 is 14.6 Å². The number of para-hydroxylation sites is 2. The van der Waals surface area contributed by atoms with Gasteiger partial charge in [-0.3, -0.25) is 4.79 Å². The van der Waals surface area contributed by atoms with Crippen molar-refractivity contribution in [2.75, 3.05) is 18.2 Å². The second-order valence-electron chi connectivity index (χ2n) is 7.18. The number of benzene rings is 3. The van der Waals surface area contributed by atoms with E-state index in [1.807, 2.05) is 36.4 Å². The molecule has 0 saturated heterocycles. The van der Waals surface area contributed by atoms with E-state index in [0.717, 1.165) is 29.2 Å². The van der Waals surface area contributed by atoms with Crippen LogP contribution >= 0.6 is 11.8 Å². The van der Waals surface area contributed by atoms with E-state index < -0.39 is 5.97 Å². The second kappa shape index (κ2) is 10.2. The number of nitrogens with one attached hydrogen (secondary N) is 1. The predicted molar refractivity (Wildman–Crippen MR) is 127 cm³/mol. The van der Waals surface area contributed by atoms with E-state index in [1.165, 1.54) is 24.4 Å². The van der Waals surface area contributed by atoms with Crippen molar-refractivity contribution in [3.8, 4) is 0 Å². The van der Waals surface area contributed by atoms with Gasteiger partial charge in [-0.05, 0) is 48.4 Å². The summed E-state index contributed by atoms with van der Waals surface area (Å²) in [6, 6.07) is 25.0.